The molecule has 0 radical (unpaired) electrons. The monoisotopic (exact) mass is 185 g/mol. The van der Waals surface area contributed by atoms with Crippen molar-refractivity contribution in [1.29, 1.82) is 0 Å². The van der Waals surface area contributed by atoms with Crippen LogP contribution in [0.15, 0.2) is 0 Å². The maximum absolute atomic E-state index is 10.6. The number of carboxylic acids is 1. The van der Waals surface area contributed by atoms with Crippen molar-refractivity contribution in [2.24, 2.45) is 5.92 Å². The summed E-state index contributed by atoms with van der Waals surface area (Å²) < 4.78 is 0. The van der Waals surface area contributed by atoms with Gasteiger partial charge in [-0.25, -0.2) is 0 Å². The van der Waals surface area contributed by atoms with Gasteiger partial charge in [0.25, 0.3) is 0 Å². The third kappa shape index (κ3) is 3.35. The Labute approximate surface area is 79.5 Å². The second kappa shape index (κ2) is 4.61. The number of carboxylic acid groups (broad SMARTS) is 1. The topological polar surface area (TPSA) is 49.3 Å². The molecule has 2 atom stereocenters. The van der Waals surface area contributed by atoms with Crippen LogP contribution in [0.1, 0.15) is 39.5 Å². The van der Waals surface area contributed by atoms with E-state index in [0.717, 1.165) is 19.3 Å². The Kier molecular flexibility index (Phi) is 3.72. The van der Waals surface area contributed by atoms with Crippen molar-refractivity contribution in [1.82, 2.24) is 5.32 Å². The summed E-state index contributed by atoms with van der Waals surface area (Å²) in [6.07, 6.45) is 4.10. The molecule has 0 spiro atoms. The maximum atomic E-state index is 10.6. The summed E-state index contributed by atoms with van der Waals surface area (Å²) >= 11 is 0. The van der Waals surface area contributed by atoms with Crippen LogP contribution in [0.25, 0.3) is 0 Å². The molecule has 1 rings (SSSR count). The van der Waals surface area contributed by atoms with Gasteiger partial charge in [-0.15, -0.1) is 0 Å². The van der Waals surface area contributed by atoms with E-state index in [-0.39, 0.29) is 6.04 Å². The van der Waals surface area contributed by atoms with Crippen LogP contribution < -0.4 is 5.32 Å². The van der Waals surface area contributed by atoms with Gasteiger partial charge >= 0.3 is 5.97 Å². The average Bonchev–Trinajstić information content (AvgIpc) is 2.48. The van der Waals surface area contributed by atoms with Crippen molar-refractivity contribution in [2.75, 3.05) is 0 Å². The van der Waals surface area contributed by atoms with Gasteiger partial charge in [0, 0.05) is 6.04 Å². The van der Waals surface area contributed by atoms with Gasteiger partial charge in [0.15, 0.2) is 0 Å². The predicted molar refractivity (Wildman–Crippen MR) is 51.7 cm³/mol. The molecular weight excluding hydrogens is 166 g/mol. The summed E-state index contributed by atoms with van der Waals surface area (Å²) in [5.41, 5.74) is 0. The van der Waals surface area contributed by atoms with Crippen molar-refractivity contribution in [2.45, 2.75) is 51.6 Å². The fourth-order valence-electron chi connectivity index (χ4n) is 1.78. The Morgan fingerprint density at radius 3 is 2.69 bits per heavy atom. The first-order valence-corrected chi connectivity index (χ1v) is 5.08. The average molecular weight is 185 g/mol. The molecule has 0 aromatic rings. The van der Waals surface area contributed by atoms with E-state index in [9.17, 15) is 4.79 Å². The van der Waals surface area contributed by atoms with Gasteiger partial charge in [-0.1, -0.05) is 13.8 Å². The summed E-state index contributed by atoms with van der Waals surface area (Å²) in [6, 6.07) is 0.140. The predicted octanol–water partition coefficient (Wildman–Crippen LogP) is 1.63. The summed E-state index contributed by atoms with van der Waals surface area (Å²) in [7, 11) is 0. The van der Waals surface area contributed by atoms with Crippen LogP contribution in [0.2, 0.25) is 0 Å². The van der Waals surface area contributed by atoms with Crippen LogP contribution in [0.3, 0.4) is 0 Å². The molecule has 0 aromatic heterocycles. The molecule has 1 heterocycles. The molecule has 3 nitrogen and oxygen atoms in total. The molecule has 13 heavy (non-hydrogen) atoms. The lowest BCUT2D eigenvalue weighted by atomic mass is 10.0. The van der Waals surface area contributed by atoms with Gasteiger partial charge in [0.05, 0.1) is 0 Å². The second-order valence-electron chi connectivity index (χ2n) is 4.30. The highest BCUT2D eigenvalue weighted by molar-refractivity contribution is 5.73. The molecule has 1 saturated heterocycles. The third-order valence-electron chi connectivity index (χ3n) is 2.63. The number of hydrogen-bond acceptors (Lipinski definition) is 2. The van der Waals surface area contributed by atoms with Crippen LogP contribution in [0.5, 0.6) is 0 Å². The smallest absolute Gasteiger partial charge is 0.320 e. The first kappa shape index (κ1) is 10.5. The van der Waals surface area contributed by atoms with Gasteiger partial charge in [-0.2, -0.15) is 0 Å². The van der Waals surface area contributed by atoms with Gasteiger partial charge in [0.2, 0.25) is 0 Å². The molecule has 0 saturated carbocycles. The normalized spacial score (nSPS) is 28.2. The molecule has 3 heteroatoms. The lowest BCUT2D eigenvalue weighted by Gasteiger charge is -2.12. The number of aliphatic carboxylic acids is 1. The quantitative estimate of drug-likeness (QED) is 0.700. The Bertz CT molecular complexity index is 180. The lowest BCUT2D eigenvalue weighted by molar-refractivity contribution is -0.139. The van der Waals surface area contributed by atoms with Crippen molar-refractivity contribution in [3.05, 3.63) is 0 Å². The molecule has 0 amide bonds. The minimum Gasteiger partial charge on any atom is -0.480 e. The number of carbonyl (C=O) groups is 1. The van der Waals surface area contributed by atoms with Crippen LogP contribution in [-0.2, 0) is 4.79 Å². The van der Waals surface area contributed by atoms with E-state index in [4.69, 9.17) is 5.11 Å². The summed E-state index contributed by atoms with van der Waals surface area (Å²) in [5, 5.41) is 11.9. The Morgan fingerprint density at radius 1 is 1.54 bits per heavy atom. The van der Waals surface area contributed by atoms with E-state index in [0.29, 0.717) is 12.0 Å². The standard InChI is InChI=1S/C10H19NO2/c1-7(2)3-4-8-5-6-9(11-8)10(12)13/h7-9,11H,3-6H2,1-2H3,(H,12,13)/t8?,9-/m1/s1. The highest BCUT2D eigenvalue weighted by Gasteiger charge is 2.28. The van der Waals surface area contributed by atoms with Crippen LogP contribution >= 0.6 is 0 Å². The molecule has 1 fully saturated rings. The second-order valence-corrected chi connectivity index (χ2v) is 4.30. The minimum absolute atomic E-state index is 0.294. The molecule has 0 aliphatic carbocycles. The van der Waals surface area contributed by atoms with Gasteiger partial charge in [0.1, 0.15) is 6.04 Å². The SMILES string of the molecule is CC(C)CCC1CC[C@H](C(=O)O)N1. The van der Waals surface area contributed by atoms with Crippen molar-refractivity contribution in [3.8, 4) is 0 Å². The molecule has 0 bridgehead atoms. The zero-order valence-electron chi connectivity index (χ0n) is 8.42. The van der Waals surface area contributed by atoms with Crippen LogP contribution in [0, 0.1) is 5.92 Å². The highest BCUT2D eigenvalue weighted by Crippen LogP contribution is 2.18. The zero-order chi connectivity index (χ0) is 9.84. The molecule has 1 aliphatic heterocycles. The molecular formula is C10H19NO2. The minimum atomic E-state index is -0.702. The Hall–Kier alpha value is -0.570. The van der Waals surface area contributed by atoms with Gasteiger partial charge < -0.3 is 10.4 Å². The number of nitrogens with one attached hydrogen (secondary N) is 1. The van der Waals surface area contributed by atoms with E-state index in [1.807, 2.05) is 0 Å². The van der Waals surface area contributed by atoms with E-state index in [1.165, 1.54) is 6.42 Å². The molecule has 1 unspecified atom stereocenters. The van der Waals surface area contributed by atoms with Crippen molar-refractivity contribution >= 4 is 5.97 Å². The van der Waals surface area contributed by atoms with Gasteiger partial charge in [-0.05, 0) is 31.6 Å². The van der Waals surface area contributed by atoms with Crippen molar-refractivity contribution < 1.29 is 9.90 Å². The maximum Gasteiger partial charge on any atom is 0.320 e. The summed E-state index contributed by atoms with van der Waals surface area (Å²) in [4.78, 5) is 10.6. The van der Waals surface area contributed by atoms with E-state index < -0.39 is 5.97 Å². The first-order valence-electron chi connectivity index (χ1n) is 5.08. The van der Waals surface area contributed by atoms with Gasteiger partial charge in [-0.3, -0.25) is 4.79 Å². The number of hydrogen-bond donors (Lipinski definition) is 2. The molecule has 1 aliphatic rings. The van der Waals surface area contributed by atoms with E-state index in [1.54, 1.807) is 0 Å². The fourth-order valence-corrected chi connectivity index (χ4v) is 1.78. The van der Waals surface area contributed by atoms with Crippen molar-refractivity contribution in [3.63, 3.8) is 0 Å². The van der Waals surface area contributed by atoms with Crippen LogP contribution in [-0.4, -0.2) is 23.2 Å². The fraction of sp³-hybridized carbons (Fsp3) is 0.900. The van der Waals surface area contributed by atoms with E-state index >= 15 is 0 Å². The van der Waals surface area contributed by atoms with Crippen LogP contribution in [0.4, 0.5) is 0 Å². The highest BCUT2D eigenvalue weighted by atomic mass is 16.4. The summed E-state index contributed by atoms with van der Waals surface area (Å²) in [6.45, 7) is 4.40. The third-order valence-corrected chi connectivity index (χ3v) is 2.63. The van der Waals surface area contributed by atoms with E-state index in [2.05, 4.69) is 19.2 Å². The molecule has 76 valence electrons. The summed E-state index contributed by atoms with van der Waals surface area (Å²) in [5.74, 6) is 0.0118. The first-order chi connectivity index (χ1) is 6.09. The lowest BCUT2D eigenvalue weighted by Crippen LogP contribution is -2.35. The zero-order valence-corrected chi connectivity index (χ0v) is 8.42. The largest absolute Gasteiger partial charge is 0.480 e. The molecule has 2 N–H and O–H groups in total. The molecule has 0 aromatic carbocycles. The Morgan fingerprint density at radius 2 is 2.23 bits per heavy atom. The Balaban J connectivity index is 2.21. The number of rotatable bonds is 4.